The molecule has 1 aliphatic heterocycles. The zero-order valence-electron chi connectivity index (χ0n) is 17.7. The van der Waals surface area contributed by atoms with Crippen LogP contribution in [0.5, 0.6) is 0 Å². The molecule has 0 N–H and O–H groups in total. The number of fused-ring (bicyclic) bond motifs is 4. The predicted octanol–water partition coefficient (Wildman–Crippen LogP) is 5.17. The maximum absolute atomic E-state index is 13.4. The van der Waals surface area contributed by atoms with Gasteiger partial charge in [-0.25, -0.2) is 4.68 Å². The Morgan fingerprint density at radius 2 is 1.76 bits per heavy atom. The highest BCUT2D eigenvalue weighted by atomic mass is 16.2. The molecule has 0 saturated heterocycles. The van der Waals surface area contributed by atoms with Crippen molar-refractivity contribution < 1.29 is 4.79 Å². The first kappa shape index (κ1) is 18.8. The highest BCUT2D eigenvalue weighted by Gasteiger charge is 2.55. The Bertz CT molecular complexity index is 882. The fourth-order valence-electron chi connectivity index (χ4n) is 6.11. The SMILES string of the molecule is CC(C)C(=O)N1c2nc(-c3ccccc3)nn2C2(CCCCC2)[C@@H]2CCCC[C@@H]21. The Morgan fingerprint density at radius 1 is 1.03 bits per heavy atom. The zero-order valence-corrected chi connectivity index (χ0v) is 17.7. The van der Waals surface area contributed by atoms with Crippen LogP contribution in [0.2, 0.25) is 0 Å². The first-order chi connectivity index (χ1) is 14.1. The summed E-state index contributed by atoms with van der Waals surface area (Å²) in [6.07, 6.45) is 10.9. The third-order valence-electron chi connectivity index (χ3n) is 7.46. The van der Waals surface area contributed by atoms with Crippen LogP contribution in [0.4, 0.5) is 5.95 Å². The summed E-state index contributed by atoms with van der Waals surface area (Å²) in [5.41, 5.74) is 1.06. The van der Waals surface area contributed by atoms with Gasteiger partial charge in [0.1, 0.15) is 0 Å². The summed E-state index contributed by atoms with van der Waals surface area (Å²) in [5, 5.41) is 5.09. The Labute approximate surface area is 173 Å². The van der Waals surface area contributed by atoms with Gasteiger partial charge in [0.15, 0.2) is 5.82 Å². The molecule has 5 heteroatoms. The van der Waals surface area contributed by atoms with Gasteiger partial charge < -0.3 is 0 Å². The van der Waals surface area contributed by atoms with Gasteiger partial charge in [0.05, 0.1) is 5.54 Å². The van der Waals surface area contributed by atoms with Gasteiger partial charge in [0, 0.05) is 23.4 Å². The van der Waals surface area contributed by atoms with E-state index < -0.39 is 0 Å². The number of carbonyl (C=O) groups excluding carboxylic acids is 1. The van der Waals surface area contributed by atoms with Gasteiger partial charge >= 0.3 is 0 Å². The van der Waals surface area contributed by atoms with Crippen molar-refractivity contribution in [1.82, 2.24) is 14.8 Å². The van der Waals surface area contributed by atoms with E-state index in [4.69, 9.17) is 10.1 Å². The Balaban J connectivity index is 1.71. The van der Waals surface area contributed by atoms with Crippen molar-refractivity contribution in [1.29, 1.82) is 0 Å². The van der Waals surface area contributed by atoms with Gasteiger partial charge in [-0.1, -0.05) is 76.3 Å². The molecule has 3 aliphatic rings. The van der Waals surface area contributed by atoms with Crippen LogP contribution in [0.1, 0.15) is 71.6 Å². The number of hydrogen-bond donors (Lipinski definition) is 0. The molecule has 2 fully saturated rings. The third kappa shape index (κ3) is 2.92. The molecular weight excluding hydrogens is 360 g/mol. The van der Waals surface area contributed by atoms with E-state index in [1.165, 1.54) is 51.4 Å². The minimum Gasteiger partial charge on any atom is -0.277 e. The molecule has 2 aromatic rings. The highest BCUT2D eigenvalue weighted by molar-refractivity contribution is 5.94. The number of hydrogen-bond acceptors (Lipinski definition) is 3. The molecule has 1 amide bonds. The second-order valence-corrected chi connectivity index (χ2v) is 9.50. The molecule has 2 atom stereocenters. The smallest absolute Gasteiger partial charge is 0.232 e. The van der Waals surface area contributed by atoms with Gasteiger partial charge in [-0.15, -0.1) is 5.10 Å². The van der Waals surface area contributed by atoms with E-state index in [-0.39, 0.29) is 23.4 Å². The molecule has 1 aromatic heterocycles. The van der Waals surface area contributed by atoms with Gasteiger partial charge in [-0.2, -0.15) is 4.98 Å². The second-order valence-electron chi connectivity index (χ2n) is 9.50. The standard InChI is InChI=1S/C24H32N4O/c1-17(2)22(29)27-20-14-8-7-13-19(20)24(15-9-4-10-16-24)28-23(27)25-21(26-28)18-11-5-3-6-12-18/h3,5-6,11-12,17,19-20H,4,7-10,13-16H2,1-2H3/t19-,20+/m1/s1. The normalized spacial score (nSPS) is 25.7. The minimum absolute atomic E-state index is 0.0342. The van der Waals surface area contributed by atoms with Gasteiger partial charge in [-0.05, 0) is 25.7 Å². The van der Waals surface area contributed by atoms with Crippen molar-refractivity contribution >= 4 is 11.9 Å². The van der Waals surface area contributed by atoms with Crippen molar-refractivity contribution in [3.05, 3.63) is 30.3 Å². The molecule has 1 aromatic carbocycles. The monoisotopic (exact) mass is 392 g/mol. The van der Waals surface area contributed by atoms with Crippen LogP contribution in [0.3, 0.4) is 0 Å². The molecule has 0 bridgehead atoms. The van der Waals surface area contributed by atoms with Crippen LogP contribution in [-0.2, 0) is 10.3 Å². The number of carbonyl (C=O) groups is 1. The Hall–Kier alpha value is -2.17. The van der Waals surface area contributed by atoms with Crippen LogP contribution in [-0.4, -0.2) is 26.7 Å². The van der Waals surface area contributed by atoms with Crippen molar-refractivity contribution in [3.63, 3.8) is 0 Å². The molecule has 5 nitrogen and oxygen atoms in total. The Morgan fingerprint density at radius 3 is 2.48 bits per heavy atom. The molecular formula is C24H32N4O. The summed E-state index contributed by atoms with van der Waals surface area (Å²) in [5.74, 6) is 2.21. The van der Waals surface area contributed by atoms with E-state index in [1.807, 2.05) is 36.9 Å². The third-order valence-corrected chi connectivity index (χ3v) is 7.46. The van der Waals surface area contributed by atoms with Crippen LogP contribution in [0.15, 0.2) is 30.3 Å². The molecule has 29 heavy (non-hydrogen) atoms. The van der Waals surface area contributed by atoms with E-state index >= 15 is 0 Å². The summed E-state index contributed by atoms with van der Waals surface area (Å²) in [4.78, 5) is 20.4. The minimum atomic E-state index is -0.0386. The maximum atomic E-state index is 13.4. The average Bonchev–Trinajstić information content (AvgIpc) is 3.21. The zero-order chi connectivity index (χ0) is 20.0. The summed E-state index contributed by atoms with van der Waals surface area (Å²) in [6, 6.07) is 10.5. The maximum Gasteiger partial charge on any atom is 0.232 e. The summed E-state index contributed by atoms with van der Waals surface area (Å²) < 4.78 is 2.21. The molecule has 1 spiro atoms. The van der Waals surface area contributed by atoms with E-state index in [2.05, 4.69) is 16.8 Å². The second kappa shape index (κ2) is 7.26. The van der Waals surface area contributed by atoms with Crippen LogP contribution in [0, 0.1) is 11.8 Å². The number of benzene rings is 1. The number of anilines is 1. The Kier molecular flexibility index (Phi) is 4.72. The summed E-state index contributed by atoms with van der Waals surface area (Å²) in [6.45, 7) is 4.01. The largest absolute Gasteiger partial charge is 0.277 e. The fourth-order valence-corrected chi connectivity index (χ4v) is 6.11. The number of nitrogens with zero attached hydrogens (tertiary/aromatic N) is 4. The van der Waals surface area contributed by atoms with Crippen molar-refractivity contribution in [2.24, 2.45) is 11.8 Å². The van der Waals surface area contributed by atoms with Crippen molar-refractivity contribution in [3.8, 4) is 11.4 Å². The lowest BCUT2D eigenvalue weighted by Crippen LogP contribution is -2.62. The average molecular weight is 393 g/mol. The molecule has 2 aliphatic carbocycles. The van der Waals surface area contributed by atoms with Crippen LogP contribution >= 0.6 is 0 Å². The van der Waals surface area contributed by atoms with Gasteiger partial charge in [-0.3, -0.25) is 9.69 Å². The predicted molar refractivity (Wildman–Crippen MR) is 115 cm³/mol. The number of amides is 1. The topological polar surface area (TPSA) is 51.0 Å². The lowest BCUT2D eigenvalue weighted by molar-refractivity contribution is -0.123. The van der Waals surface area contributed by atoms with E-state index in [9.17, 15) is 4.79 Å². The first-order valence-electron chi connectivity index (χ1n) is 11.5. The van der Waals surface area contributed by atoms with Crippen molar-refractivity contribution in [2.75, 3.05) is 4.90 Å². The molecule has 2 saturated carbocycles. The molecule has 0 radical (unpaired) electrons. The molecule has 2 heterocycles. The number of aromatic nitrogens is 3. The fraction of sp³-hybridized carbons (Fsp3) is 0.625. The molecule has 5 rings (SSSR count). The molecule has 154 valence electrons. The lowest BCUT2D eigenvalue weighted by Gasteiger charge is -2.55. The number of rotatable bonds is 2. The highest BCUT2D eigenvalue weighted by Crippen LogP contribution is 2.53. The van der Waals surface area contributed by atoms with E-state index in [1.54, 1.807) is 0 Å². The van der Waals surface area contributed by atoms with Crippen molar-refractivity contribution in [2.45, 2.75) is 83.2 Å². The van der Waals surface area contributed by atoms with Gasteiger partial charge in [0.25, 0.3) is 0 Å². The molecule has 0 unspecified atom stereocenters. The van der Waals surface area contributed by atoms with Crippen LogP contribution < -0.4 is 4.90 Å². The van der Waals surface area contributed by atoms with E-state index in [0.29, 0.717) is 5.92 Å². The van der Waals surface area contributed by atoms with Gasteiger partial charge in [0.2, 0.25) is 11.9 Å². The van der Waals surface area contributed by atoms with Crippen LogP contribution in [0.25, 0.3) is 11.4 Å². The summed E-state index contributed by atoms with van der Waals surface area (Å²) in [7, 11) is 0. The van der Waals surface area contributed by atoms with E-state index in [0.717, 1.165) is 23.8 Å². The summed E-state index contributed by atoms with van der Waals surface area (Å²) >= 11 is 0. The first-order valence-corrected chi connectivity index (χ1v) is 11.5. The quantitative estimate of drug-likeness (QED) is 0.709. The lowest BCUT2D eigenvalue weighted by atomic mass is 9.64.